The summed E-state index contributed by atoms with van der Waals surface area (Å²) in [6.07, 6.45) is 9.95. The molecule has 2 fully saturated rings. The average Bonchev–Trinajstić information content (AvgIpc) is 2.35. The largest absolute Gasteiger partial charge is 0.359 e. The zero-order chi connectivity index (χ0) is 14.6. The van der Waals surface area contributed by atoms with Crippen molar-refractivity contribution in [2.45, 2.75) is 78.2 Å². The predicted molar refractivity (Wildman–Crippen MR) is 90.0 cm³/mol. The van der Waals surface area contributed by atoms with E-state index in [2.05, 4.69) is 36.6 Å². The molecule has 0 aromatic rings. The van der Waals surface area contributed by atoms with Crippen molar-refractivity contribution in [2.24, 2.45) is 16.4 Å². The second-order valence-electron chi connectivity index (χ2n) is 7.45. The van der Waals surface area contributed by atoms with Crippen molar-refractivity contribution in [1.82, 2.24) is 10.7 Å². The summed E-state index contributed by atoms with van der Waals surface area (Å²) in [6.45, 7) is 6.97. The second kappa shape index (κ2) is 6.88. The molecule has 2 rings (SSSR count). The Morgan fingerprint density at radius 3 is 2.60 bits per heavy atom. The van der Waals surface area contributed by atoms with Crippen LogP contribution in [0.1, 0.15) is 72.1 Å². The molecule has 0 bridgehead atoms. The molecule has 0 aromatic heterocycles. The Morgan fingerprint density at radius 1 is 1.25 bits per heavy atom. The molecule has 4 heteroatoms. The minimum atomic E-state index is 0.372. The van der Waals surface area contributed by atoms with E-state index in [0.717, 1.165) is 18.8 Å². The normalized spacial score (nSPS) is 29.1. The van der Waals surface area contributed by atoms with Crippen LogP contribution in [0.5, 0.6) is 0 Å². The molecule has 0 saturated heterocycles. The topological polar surface area (TPSA) is 36.4 Å². The van der Waals surface area contributed by atoms with Gasteiger partial charge in [-0.05, 0) is 55.7 Å². The van der Waals surface area contributed by atoms with Gasteiger partial charge in [-0.25, -0.2) is 0 Å². The van der Waals surface area contributed by atoms with Crippen LogP contribution in [0, 0.1) is 11.3 Å². The van der Waals surface area contributed by atoms with Gasteiger partial charge >= 0.3 is 0 Å². The maximum atomic E-state index is 5.36. The van der Waals surface area contributed by atoms with E-state index in [9.17, 15) is 0 Å². The van der Waals surface area contributed by atoms with Crippen molar-refractivity contribution in [2.75, 3.05) is 0 Å². The number of hydrogen-bond donors (Lipinski definition) is 2. The monoisotopic (exact) mass is 295 g/mol. The number of nitrogens with zero attached hydrogens (tertiary/aromatic N) is 1. The molecule has 2 N–H and O–H groups in total. The lowest BCUT2D eigenvalue weighted by molar-refractivity contribution is 0.265. The lowest BCUT2D eigenvalue weighted by Gasteiger charge is -2.34. The van der Waals surface area contributed by atoms with Crippen LogP contribution in [0.15, 0.2) is 5.10 Å². The fourth-order valence-electron chi connectivity index (χ4n) is 3.79. The molecule has 2 aliphatic carbocycles. The smallest absolute Gasteiger partial charge is 0.187 e. The molecule has 0 amide bonds. The van der Waals surface area contributed by atoms with Crippen LogP contribution in [0.4, 0.5) is 0 Å². The number of rotatable bonds is 2. The Balaban J connectivity index is 1.80. The predicted octanol–water partition coefficient (Wildman–Crippen LogP) is 3.99. The fourth-order valence-corrected chi connectivity index (χ4v) is 4.01. The van der Waals surface area contributed by atoms with Gasteiger partial charge in [-0.15, -0.1) is 0 Å². The zero-order valence-corrected chi connectivity index (χ0v) is 14.0. The Labute approximate surface area is 129 Å². The number of hydrazone groups is 1. The lowest BCUT2D eigenvalue weighted by atomic mass is 9.72. The third-order valence-corrected chi connectivity index (χ3v) is 4.63. The summed E-state index contributed by atoms with van der Waals surface area (Å²) in [5, 5.41) is 8.66. The molecule has 0 heterocycles. The molecule has 3 nitrogen and oxygen atoms in total. The van der Waals surface area contributed by atoms with E-state index in [1.807, 2.05) is 0 Å². The van der Waals surface area contributed by atoms with Crippen LogP contribution < -0.4 is 10.7 Å². The van der Waals surface area contributed by atoms with Gasteiger partial charge in [-0.1, -0.05) is 40.0 Å². The van der Waals surface area contributed by atoms with Gasteiger partial charge in [0.2, 0.25) is 0 Å². The van der Waals surface area contributed by atoms with Gasteiger partial charge in [0.1, 0.15) is 0 Å². The van der Waals surface area contributed by atoms with Gasteiger partial charge < -0.3 is 5.32 Å². The van der Waals surface area contributed by atoms with Gasteiger partial charge in [0.15, 0.2) is 5.11 Å². The van der Waals surface area contributed by atoms with Gasteiger partial charge in [0, 0.05) is 11.8 Å². The summed E-state index contributed by atoms with van der Waals surface area (Å²) in [6, 6.07) is 0.547. The summed E-state index contributed by atoms with van der Waals surface area (Å²) in [4.78, 5) is 0. The van der Waals surface area contributed by atoms with Gasteiger partial charge in [-0.3, -0.25) is 5.43 Å². The highest BCUT2D eigenvalue weighted by molar-refractivity contribution is 7.80. The van der Waals surface area contributed by atoms with E-state index in [4.69, 9.17) is 12.2 Å². The molecule has 0 aliphatic heterocycles. The van der Waals surface area contributed by atoms with Gasteiger partial charge in [-0.2, -0.15) is 5.10 Å². The summed E-state index contributed by atoms with van der Waals surface area (Å²) < 4.78 is 0. The molecule has 1 unspecified atom stereocenters. The van der Waals surface area contributed by atoms with Crippen molar-refractivity contribution in [3.05, 3.63) is 0 Å². The molecule has 2 aliphatic rings. The van der Waals surface area contributed by atoms with Crippen LogP contribution in [0.3, 0.4) is 0 Å². The highest BCUT2D eigenvalue weighted by atomic mass is 32.1. The van der Waals surface area contributed by atoms with Crippen molar-refractivity contribution in [3.63, 3.8) is 0 Å². The molecule has 1 atom stereocenters. The van der Waals surface area contributed by atoms with Crippen molar-refractivity contribution in [1.29, 1.82) is 0 Å². The zero-order valence-electron chi connectivity index (χ0n) is 13.2. The van der Waals surface area contributed by atoms with Crippen LogP contribution in [0.2, 0.25) is 0 Å². The molecule has 0 radical (unpaired) electrons. The van der Waals surface area contributed by atoms with E-state index >= 15 is 0 Å². The minimum Gasteiger partial charge on any atom is -0.359 e. The summed E-state index contributed by atoms with van der Waals surface area (Å²) in [5.41, 5.74) is 4.70. The number of nitrogens with one attached hydrogen (secondary N) is 2. The first-order valence-electron chi connectivity index (χ1n) is 8.06. The molecule has 114 valence electrons. The average molecular weight is 295 g/mol. The Kier molecular flexibility index (Phi) is 5.42. The van der Waals surface area contributed by atoms with Crippen molar-refractivity contribution < 1.29 is 0 Å². The minimum absolute atomic E-state index is 0.372. The Hall–Kier alpha value is -0.640. The lowest BCUT2D eigenvalue weighted by Crippen LogP contribution is -2.41. The van der Waals surface area contributed by atoms with E-state index in [0.29, 0.717) is 16.6 Å². The Bertz CT molecular complexity index is 370. The highest BCUT2D eigenvalue weighted by Gasteiger charge is 2.29. The van der Waals surface area contributed by atoms with E-state index < -0.39 is 0 Å². The Morgan fingerprint density at radius 2 is 1.95 bits per heavy atom. The first-order chi connectivity index (χ1) is 9.44. The highest BCUT2D eigenvalue weighted by Crippen LogP contribution is 2.36. The molecular weight excluding hydrogens is 266 g/mol. The first-order valence-corrected chi connectivity index (χ1v) is 8.47. The standard InChI is InChI=1S/C16H29N3S/c1-12-9-14(11-16(2,3)10-12)18-19-15(20)17-13-7-5-4-6-8-13/h12-13H,4-11H2,1-3H3,(H2,17,19,20)/b18-14-. The fraction of sp³-hybridized carbons (Fsp3) is 0.875. The first kappa shape index (κ1) is 15.7. The molecule has 0 spiro atoms. The third kappa shape index (κ3) is 5.04. The number of thiocarbonyl (C=S) groups is 1. The van der Waals surface area contributed by atoms with Crippen molar-refractivity contribution >= 4 is 23.0 Å². The van der Waals surface area contributed by atoms with Crippen LogP contribution in [0.25, 0.3) is 0 Å². The second-order valence-corrected chi connectivity index (χ2v) is 7.86. The number of hydrogen-bond acceptors (Lipinski definition) is 2. The van der Waals surface area contributed by atoms with Crippen LogP contribution in [-0.4, -0.2) is 16.9 Å². The van der Waals surface area contributed by atoms with Crippen LogP contribution in [-0.2, 0) is 0 Å². The molecule has 20 heavy (non-hydrogen) atoms. The van der Waals surface area contributed by atoms with Crippen LogP contribution >= 0.6 is 12.2 Å². The van der Waals surface area contributed by atoms with Gasteiger partial charge in [0.25, 0.3) is 0 Å². The van der Waals surface area contributed by atoms with E-state index in [1.165, 1.54) is 44.2 Å². The van der Waals surface area contributed by atoms with Crippen molar-refractivity contribution in [3.8, 4) is 0 Å². The molecule has 2 saturated carbocycles. The molecular formula is C16H29N3S. The maximum absolute atomic E-state index is 5.36. The molecule has 0 aromatic carbocycles. The summed E-state index contributed by atoms with van der Waals surface area (Å²) in [7, 11) is 0. The van der Waals surface area contributed by atoms with E-state index in [-0.39, 0.29) is 0 Å². The maximum Gasteiger partial charge on any atom is 0.187 e. The quantitative estimate of drug-likeness (QED) is 0.597. The third-order valence-electron chi connectivity index (χ3n) is 4.42. The summed E-state index contributed by atoms with van der Waals surface area (Å²) in [5.74, 6) is 0.721. The summed E-state index contributed by atoms with van der Waals surface area (Å²) >= 11 is 5.36. The van der Waals surface area contributed by atoms with Gasteiger partial charge in [0.05, 0.1) is 0 Å². The van der Waals surface area contributed by atoms with E-state index in [1.54, 1.807) is 0 Å². The SMILES string of the molecule is CC1C/C(=N/NC(=S)NC2CCCCC2)CC(C)(C)C1.